The molecule has 1 aliphatic heterocycles. The van der Waals surface area contributed by atoms with Crippen LogP contribution in [0.2, 0.25) is 0 Å². The first-order chi connectivity index (χ1) is 9.76. The zero-order valence-electron chi connectivity index (χ0n) is 11.2. The summed E-state index contributed by atoms with van der Waals surface area (Å²) in [6.07, 6.45) is 5.57. The molecule has 0 spiro atoms. The Morgan fingerprint density at radius 1 is 1.30 bits per heavy atom. The summed E-state index contributed by atoms with van der Waals surface area (Å²) in [6, 6.07) is 7.51. The lowest BCUT2D eigenvalue weighted by molar-refractivity contribution is -0.118. The summed E-state index contributed by atoms with van der Waals surface area (Å²) in [7, 11) is 0. The summed E-state index contributed by atoms with van der Waals surface area (Å²) < 4.78 is 2.22. The van der Waals surface area contributed by atoms with Gasteiger partial charge in [-0.2, -0.15) is 0 Å². The lowest BCUT2D eigenvalue weighted by atomic mass is 10.1. The maximum atomic E-state index is 11.1. The molecule has 5 heteroatoms. The molecule has 5 nitrogen and oxygen atoms in total. The molecule has 2 heterocycles. The number of hydrogen-bond acceptors (Lipinski definition) is 3. The highest BCUT2D eigenvalue weighted by atomic mass is 16.3. The Morgan fingerprint density at radius 2 is 2.10 bits per heavy atom. The van der Waals surface area contributed by atoms with Gasteiger partial charge in [0.2, 0.25) is 5.91 Å². The Morgan fingerprint density at radius 3 is 2.80 bits per heavy atom. The van der Waals surface area contributed by atoms with Gasteiger partial charge in [-0.1, -0.05) is 12.1 Å². The van der Waals surface area contributed by atoms with E-state index in [2.05, 4.69) is 21.1 Å². The van der Waals surface area contributed by atoms with Crippen LogP contribution in [0.15, 0.2) is 30.5 Å². The van der Waals surface area contributed by atoms with Crippen LogP contribution in [0, 0.1) is 0 Å². The Balaban J connectivity index is 1.80. The molecule has 0 atom stereocenters. The van der Waals surface area contributed by atoms with Crippen LogP contribution in [0.25, 0.3) is 11.3 Å². The fourth-order valence-corrected chi connectivity index (χ4v) is 2.48. The maximum absolute atomic E-state index is 11.1. The SMILES string of the molecule is O=C(CO)Nc1ccc(-c2cn3c(n2)CCCC3)cc1. The molecule has 0 fully saturated rings. The predicted molar refractivity (Wildman–Crippen MR) is 76.3 cm³/mol. The number of anilines is 1. The topological polar surface area (TPSA) is 67.2 Å². The summed E-state index contributed by atoms with van der Waals surface area (Å²) in [4.78, 5) is 15.8. The van der Waals surface area contributed by atoms with Crippen molar-refractivity contribution in [3.8, 4) is 11.3 Å². The third kappa shape index (κ3) is 2.58. The number of fused-ring (bicyclic) bond motifs is 1. The Kier molecular flexibility index (Phi) is 3.52. The summed E-state index contributed by atoms with van der Waals surface area (Å²) in [5.74, 6) is 0.749. The van der Waals surface area contributed by atoms with E-state index >= 15 is 0 Å². The molecule has 1 aliphatic rings. The van der Waals surface area contributed by atoms with E-state index in [1.54, 1.807) is 0 Å². The van der Waals surface area contributed by atoms with Gasteiger partial charge in [-0.15, -0.1) is 0 Å². The molecule has 0 bridgehead atoms. The number of imidazole rings is 1. The molecule has 0 aliphatic carbocycles. The molecule has 2 N–H and O–H groups in total. The average Bonchev–Trinajstić information content (AvgIpc) is 2.91. The normalized spacial score (nSPS) is 13.8. The van der Waals surface area contributed by atoms with Crippen LogP contribution in [0.5, 0.6) is 0 Å². The van der Waals surface area contributed by atoms with Gasteiger partial charge in [0.05, 0.1) is 5.69 Å². The van der Waals surface area contributed by atoms with Crippen LogP contribution in [-0.2, 0) is 17.8 Å². The zero-order valence-corrected chi connectivity index (χ0v) is 11.2. The molecule has 1 aromatic carbocycles. The van der Waals surface area contributed by atoms with Crippen LogP contribution >= 0.6 is 0 Å². The highest BCUT2D eigenvalue weighted by Gasteiger charge is 2.13. The van der Waals surface area contributed by atoms with E-state index in [0.29, 0.717) is 5.69 Å². The van der Waals surface area contributed by atoms with E-state index < -0.39 is 12.5 Å². The molecule has 0 saturated carbocycles. The van der Waals surface area contributed by atoms with E-state index in [9.17, 15) is 4.79 Å². The standard InChI is InChI=1S/C15H17N3O2/c19-10-15(20)16-12-6-4-11(5-7-12)13-9-18-8-2-1-3-14(18)17-13/h4-7,9,19H,1-3,8,10H2,(H,16,20). The van der Waals surface area contributed by atoms with E-state index in [0.717, 1.165) is 30.0 Å². The summed E-state index contributed by atoms with van der Waals surface area (Å²) in [5.41, 5.74) is 2.69. The van der Waals surface area contributed by atoms with Crippen LogP contribution in [0.1, 0.15) is 18.7 Å². The van der Waals surface area contributed by atoms with Crippen LogP contribution in [0.4, 0.5) is 5.69 Å². The zero-order chi connectivity index (χ0) is 13.9. The number of hydrogen-bond donors (Lipinski definition) is 2. The number of aliphatic hydroxyl groups excluding tert-OH is 1. The highest BCUT2D eigenvalue weighted by Crippen LogP contribution is 2.23. The van der Waals surface area contributed by atoms with E-state index in [1.807, 2.05) is 24.3 Å². The van der Waals surface area contributed by atoms with Crippen LogP contribution in [-0.4, -0.2) is 27.2 Å². The van der Waals surface area contributed by atoms with Crippen molar-refractivity contribution >= 4 is 11.6 Å². The summed E-state index contributed by atoms with van der Waals surface area (Å²) >= 11 is 0. The lowest BCUT2D eigenvalue weighted by Gasteiger charge is -2.11. The van der Waals surface area contributed by atoms with E-state index in [4.69, 9.17) is 5.11 Å². The quantitative estimate of drug-likeness (QED) is 0.894. The van der Waals surface area contributed by atoms with Crippen molar-refractivity contribution in [2.75, 3.05) is 11.9 Å². The van der Waals surface area contributed by atoms with Gasteiger partial charge in [0.25, 0.3) is 0 Å². The molecular formula is C15H17N3O2. The summed E-state index contributed by atoms with van der Waals surface area (Å²) in [6.45, 7) is 0.544. The van der Waals surface area contributed by atoms with Crippen molar-refractivity contribution in [3.63, 3.8) is 0 Å². The van der Waals surface area contributed by atoms with Gasteiger partial charge in [0, 0.05) is 30.4 Å². The molecule has 20 heavy (non-hydrogen) atoms. The maximum Gasteiger partial charge on any atom is 0.250 e. The van der Waals surface area contributed by atoms with Gasteiger partial charge < -0.3 is 15.0 Å². The molecule has 0 radical (unpaired) electrons. The van der Waals surface area contributed by atoms with Gasteiger partial charge in [0.15, 0.2) is 0 Å². The van der Waals surface area contributed by atoms with Gasteiger partial charge >= 0.3 is 0 Å². The van der Waals surface area contributed by atoms with Crippen molar-refractivity contribution in [2.45, 2.75) is 25.8 Å². The number of nitrogens with zero attached hydrogens (tertiary/aromatic N) is 2. The second kappa shape index (κ2) is 5.46. The number of aromatic nitrogens is 2. The van der Waals surface area contributed by atoms with Crippen molar-refractivity contribution < 1.29 is 9.90 Å². The van der Waals surface area contributed by atoms with Crippen molar-refractivity contribution in [1.82, 2.24) is 9.55 Å². The smallest absolute Gasteiger partial charge is 0.250 e. The largest absolute Gasteiger partial charge is 0.387 e. The summed E-state index contributed by atoms with van der Waals surface area (Å²) in [5, 5.41) is 11.3. The molecule has 104 valence electrons. The predicted octanol–water partition coefficient (Wildman–Crippen LogP) is 1.82. The van der Waals surface area contributed by atoms with Gasteiger partial charge in [-0.3, -0.25) is 4.79 Å². The fourth-order valence-electron chi connectivity index (χ4n) is 2.48. The van der Waals surface area contributed by atoms with E-state index in [1.165, 1.54) is 12.8 Å². The highest BCUT2D eigenvalue weighted by molar-refractivity contribution is 5.91. The second-order valence-corrected chi connectivity index (χ2v) is 4.98. The molecular weight excluding hydrogens is 254 g/mol. The molecule has 1 amide bonds. The van der Waals surface area contributed by atoms with Gasteiger partial charge in [-0.25, -0.2) is 4.98 Å². The first-order valence-electron chi connectivity index (χ1n) is 6.83. The second-order valence-electron chi connectivity index (χ2n) is 4.98. The van der Waals surface area contributed by atoms with Crippen LogP contribution in [0.3, 0.4) is 0 Å². The number of nitrogens with one attached hydrogen (secondary N) is 1. The number of amides is 1. The van der Waals surface area contributed by atoms with E-state index in [-0.39, 0.29) is 0 Å². The Hall–Kier alpha value is -2.14. The van der Waals surface area contributed by atoms with Crippen molar-refractivity contribution in [1.29, 1.82) is 0 Å². The lowest BCUT2D eigenvalue weighted by Crippen LogP contribution is -2.15. The van der Waals surface area contributed by atoms with Crippen LogP contribution < -0.4 is 5.32 Å². The molecule has 3 rings (SSSR count). The first kappa shape index (κ1) is 12.9. The molecule has 2 aromatic rings. The minimum Gasteiger partial charge on any atom is -0.387 e. The van der Waals surface area contributed by atoms with Gasteiger partial charge in [-0.05, 0) is 25.0 Å². The Bertz CT molecular complexity index is 593. The number of aryl methyl sites for hydroxylation is 2. The molecule has 1 aromatic heterocycles. The minimum atomic E-state index is -0.504. The van der Waals surface area contributed by atoms with Gasteiger partial charge in [0.1, 0.15) is 12.4 Å². The van der Waals surface area contributed by atoms with Crippen molar-refractivity contribution in [2.24, 2.45) is 0 Å². The van der Waals surface area contributed by atoms with Crippen molar-refractivity contribution in [3.05, 3.63) is 36.3 Å². The third-order valence-corrected chi connectivity index (χ3v) is 3.52. The Labute approximate surface area is 117 Å². The first-order valence-corrected chi connectivity index (χ1v) is 6.83. The minimum absolute atomic E-state index is 0.407. The molecule has 0 unspecified atom stereocenters. The molecule has 0 saturated heterocycles. The monoisotopic (exact) mass is 271 g/mol. The number of aliphatic hydroxyl groups is 1. The fraction of sp³-hybridized carbons (Fsp3) is 0.333. The number of carbonyl (C=O) groups is 1. The number of benzene rings is 1. The average molecular weight is 271 g/mol. The number of carbonyl (C=O) groups excluding carboxylic acids is 1. The number of rotatable bonds is 3. The third-order valence-electron chi connectivity index (χ3n) is 3.52.